The minimum Gasteiger partial charge on any atom is -0.312 e. The first-order valence-electron chi connectivity index (χ1n) is 6.93. The molecule has 1 aliphatic rings. The van der Waals surface area contributed by atoms with Gasteiger partial charge in [-0.1, -0.05) is 31.5 Å². The van der Waals surface area contributed by atoms with Gasteiger partial charge in [-0.15, -0.1) is 0 Å². The monoisotopic (exact) mass is 231 g/mol. The van der Waals surface area contributed by atoms with Crippen LogP contribution in [0, 0.1) is 19.3 Å². The van der Waals surface area contributed by atoms with E-state index in [1.165, 1.54) is 48.9 Å². The van der Waals surface area contributed by atoms with Crippen LogP contribution in [0.2, 0.25) is 0 Å². The van der Waals surface area contributed by atoms with Crippen LogP contribution in [0.1, 0.15) is 49.3 Å². The van der Waals surface area contributed by atoms with Gasteiger partial charge in [-0.3, -0.25) is 0 Å². The second kappa shape index (κ2) is 5.22. The molecule has 1 fully saturated rings. The van der Waals surface area contributed by atoms with Gasteiger partial charge in [0.25, 0.3) is 0 Å². The molecule has 0 atom stereocenters. The van der Waals surface area contributed by atoms with Gasteiger partial charge in [0.05, 0.1) is 0 Å². The average molecular weight is 231 g/mol. The normalized spacial score (nSPS) is 17.1. The van der Waals surface area contributed by atoms with Crippen LogP contribution in [0.4, 0.5) is 0 Å². The summed E-state index contributed by atoms with van der Waals surface area (Å²) >= 11 is 0. The summed E-state index contributed by atoms with van der Waals surface area (Å²) in [5.41, 5.74) is 4.97. The predicted octanol–water partition coefficient (Wildman–Crippen LogP) is 3.97. The van der Waals surface area contributed by atoms with Gasteiger partial charge in [0.15, 0.2) is 0 Å². The van der Waals surface area contributed by atoms with Gasteiger partial charge in [0, 0.05) is 13.1 Å². The van der Waals surface area contributed by atoms with Crippen molar-refractivity contribution in [3.8, 4) is 0 Å². The smallest absolute Gasteiger partial charge is 0.0210 e. The molecule has 0 aliphatic heterocycles. The number of hydrogen-bond acceptors (Lipinski definition) is 1. The summed E-state index contributed by atoms with van der Waals surface area (Å²) in [5, 5.41) is 3.67. The van der Waals surface area contributed by atoms with Crippen molar-refractivity contribution in [1.82, 2.24) is 5.32 Å². The maximum Gasteiger partial charge on any atom is 0.0210 e. The van der Waals surface area contributed by atoms with E-state index in [1.807, 2.05) is 0 Å². The zero-order chi connectivity index (χ0) is 12.3. The maximum absolute atomic E-state index is 3.67. The number of rotatable bonds is 6. The van der Waals surface area contributed by atoms with Gasteiger partial charge in [0.1, 0.15) is 0 Å². The van der Waals surface area contributed by atoms with Crippen molar-refractivity contribution in [2.45, 2.75) is 53.0 Å². The Bertz CT molecular complexity index is 357. The molecule has 0 radical (unpaired) electrons. The van der Waals surface area contributed by atoms with Gasteiger partial charge in [-0.2, -0.15) is 0 Å². The highest BCUT2D eigenvalue weighted by Gasteiger charge is 2.40. The Morgan fingerprint density at radius 2 is 1.82 bits per heavy atom. The van der Waals surface area contributed by atoms with Crippen molar-refractivity contribution >= 4 is 0 Å². The summed E-state index contributed by atoms with van der Waals surface area (Å²) in [5.74, 6) is 0. The van der Waals surface area contributed by atoms with Crippen LogP contribution in [0.3, 0.4) is 0 Å². The molecule has 1 nitrogen and oxygen atoms in total. The third-order valence-corrected chi connectivity index (χ3v) is 4.18. The summed E-state index contributed by atoms with van der Waals surface area (Å²) in [6.45, 7) is 8.95. The molecule has 1 aromatic rings. The van der Waals surface area contributed by atoms with Crippen LogP contribution in [-0.2, 0) is 6.54 Å². The van der Waals surface area contributed by atoms with Gasteiger partial charge >= 0.3 is 0 Å². The molecule has 17 heavy (non-hydrogen) atoms. The number of benzene rings is 1. The molecule has 1 aromatic carbocycles. The molecular formula is C16H25N. The lowest BCUT2D eigenvalue weighted by Crippen LogP contribution is -2.24. The van der Waals surface area contributed by atoms with Gasteiger partial charge < -0.3 is 5.32 Å². The van der Waals surface area contributed by atoms with Crippen LogP contribution in [-0.4, -0.2) is 6.54 Å². The number of aryl methyl sites for hydroxylation is 2. The molecule has 0 bridgehead atoms. The third-order valence-electron chi connectivity index (χ3n) is 4.18. The fourth-order valence-electron chi connectivity index (χ4n) is 2.80. The molecule has 0 amide bonds. The molecular weight excluding hydrogens is 206 g/mol. The molecule has 0 aromatic heterocycles. The minimum atomic E-state index is 0.658. The average Bonchev–Trinajstić information content (AvgIpc) is 3.03. The van der Waals surface area contributed by atoms with Gasteiger partial charge in [-0.05, 0) is 55.2 Å². The second-order valence-electron chi connectivity index (χ2n) is 5.72. The Hall–Kier alpha value is -0.820. The molecule has 0 saturated heterocycles. The van der Waals surface area contributed by atoms with Crippen molar-refractivity contribution < 1.29 is 0 Å². The molecule has 0 heterocycles. The van der Waals surface area contributed by atoms with Crippen LogP contribution in [0.5, 0.6) is 0 Å². The topological polar surface area (TPSA) is 12.0 Å². The predicted molar refractivity (Wildman–Crippen MR) is 74.2 cm³/mol. The lowest BCUT2D eigenvalue weighted by Gasteiger charge is -2.16. The highest BCUT2D eigenvalue weighted by molar-refractivity contribution is 5.33. The highest BCUT2D eigenvalue weighted by Crippen LogP contribution is 2.48. The van der Waals surface area contributed by atoms with E-state index in [-0.39, 0.29) is 0 Å². The molecule has 2 rings (SSSR count). The lowest BCUT2D eigenvalue weighted by atomic mass is 9.99. The van der Waals surface area contributed by atoms with E-state index in [9.17, 15) is 0 Å². The summed E-state index contributed by atoms with van der Waals surface area (Å²) in [6.07, 6.45) is 5.58. The summed E-state index contributed by atoms with van der Waals surface area (Å²) < 4.78 is 0. The lowest BCUT2D eigenvalue weighted by molar-refractivity contribution is 0.420. The molecule has 1 N–H and O–H groups in total. The van der Waals surface area contributed by atoms with Crippen molar-refractivity contribution in [2.24, 2.45) is 5.41 Å². The Morgan fingerprint density at radius 1 is 1.18 bits per heavy atom. The third kappa shape index (κ3) is 3.10. The fraction of sp³-hybridized carbons (Fsp3) is 0.625. The summed E-state index contributed by atoms with van der Waals surface area (Å²) in [4.78, 5) is 0. The van der Waals surface area contributed by atoms with Crippen LogP contribution in [0.15, 0.2) is 18.2 Å². The molecule has 0 unspecified atom stereocenters. The van der Waals surface area contributed by atoms with Crippen molar-refractivity contribution in [3.05, 3.63) is 34.9 Å². The molecule has 1 aliphatic carbocycles. The number of nitrogens with one attached hydrogen (secondary N) is 1. The van der Waals surface area contributed by atoms with Crippen LogP contribution in [0.25, 0.3) is 0 Å². The number of hydrogen-bond donors (Lipinski definition) is 1. The zero-order valence-corrected chi connectivity index (χ0v) is 11.5. The van der Waals surface area contributed by atoms with Crippen molar-refractivity contribution in [1.29, 1.82) is 0 Å². The summed E-state index contributed by atoms with van der Waals surface area (Å²) in [6, 6.07) is 6.57. The second-order valence-corrected chi connectivity index (χ2v) is 5.72. The van der Waals surface area contributed by atoms with E-state index in [2.05, 4.69) is 44.3 Å². The fourth-order valence-corrected chi connectivity index (χ4v) is 2.80. The van der Waals surface area contributed by atoms with Gasteiger partial charge in [0.2, 0.25) is 0 Å². The first kappa shape index (κ1) is 12.6. The highest BCUT2D eigenvalue weighted by atomic mass is 14.9. The van der Waals surface area contributed by atoms with Crippen LogP contribution < -0.4 is 5.32 Å². The van der Waals surface area contributed by atoms with Crippen LogP contribution >= 0.6 is 0 Å². The largest absolute Gasteiger partial charge is 0.312 e. The van der Waals surface area contributed by atoms with E-state index < -0.39 is 0 Å². The molecule has 0 spiro atoms. The van der Waals surface area contributed by atoms with Crippen molar-refractivity contribution in [3.63, 3.8) is 0 Å². The molecule has 1 saturated carbocycles. The van der Waals surface area contributed by atoms with E-state index in [4.69, 9.17) is 0 Å². The SMILES string of the molecule is CCCC1(CNCc2c(C)cccc2C)CC1. The van der Waals surface area contributed by atoms with E-state index >= 15 is 0 Å². The Kier molecular flexibility index (Phi) is 3.88. The molecule has 94 valence electrons. The summed E-state index contributed by atoms with van der Waals surface area (Å²) in [7, 11) is 0. The van der Waals surface area contributed by atoms with Gasteiger partial charge in [-0.25, -0.2) is 0 Å². The van der Waals surface area contributed by atoms with Crippen molar-refractivity contribution in [2.75, 3.05) is 6.54 Å². The molecule has 1 heteroatoms. The Balaban J connectivity index is 1.86. The Labute approximate surface area is 106 Å². The minimum absolute atomic E-state index is 0.658. The van der Waals surface area contributed by atoms with E-state index in [1.54, 1.807) is 0 Å². The first-order valence-corrected chi connectivity index (χ1v) is 6.93. The van der Waals surface area contributed by atoms with E-state index in [0.717, 1.165) is 6.54 Å². The quantitative estimate of drug-likeness (QED) is 0.781. The Morgan fingerprint density at radius 3 is 2.35 bits per heavy atom. The first-order chi connectivity index (χ1) is 8.17. The maximum atomic E-state index is 3.67. The zero-order valence-electron chi connectivity index (χ0n) is 11.5. The van der Waals surface area contributed by atoms with E-state index in [0.29, 0.717) is 5.41 Å². The standard InChI is InChI=1S/C16H25N/c1-4-8-16(9-10-16)12-17-11-15-13(2)6-5-7-14(15)3/h5-7,17H,4,8-12H2,1-3H3.